The van der Waals surface area contributed by atoms with Crippen LogP contribution in [0.5, 0.6) is 5.75 Å². The van der Waals surface area contributed by atoms with E-state index in [1.807, 2.05) is 13.1 Å². The summed E-state index contributed by atoms with van der Waals surface area (Å²) in [5, 5.41) is 14.0. The fourth-order valence-electron chi connectivity index (χ4n) is 2.74. The molecule has 0 spiro atoms. The van der Waals surface area contributed by atoms with Crippen molar-refractivity contribution in [3.05, 3.63) is 28.2 Å². The summed E-state index contributed by atoms with van der Waals surface area (Å²) in [6, 6.07) is 5.34. The number of likely N-dealkylation sites (tertiary alicyclic amines) is 1. The van der Waals surface area contributed by atoms with Crippen LogP contribution in [0.25, 0.3) is 0 Å². The fourth-order valence-corrected chi connectivity index (χ4v) is 3.03. The van der Waals surface area contributed by atoms with Crippen LogP contribution in [0.3, 0.4) is 0 Å². The molecule has 1 saturated heterocycles. The monoisotopic (exact) mass is 332 g/mol. The van der Waals surface area contributed by atoms with Crippen molar-refractivity contribution in [3.63, 3.8) is 0 Å². The maximum Gasteiger partial charge on any atom is 0.121 e. The number of aliphatic hydroxyl groups excluding tert-OH is 1. The van der Waals surface area contributed by atoms with Crippen LogP contribution < -0.4 is 10.1 Å². The molecule has 2 unspecified atom stereocenters. The number of benzene rings is 1. The van der Waals surface area contributed by atoms with Crippen LogP contribution in [-0.4, -0.2) is 48.5 Å². The maximum absolute atomic E-state index is 9.76. The molecular formula is C15H22Cl2N2O2. The molecule has 2 N–H and O–H groups in total. The maximum atomic E-state index is 9.76. The molecule has 0 aromatic heterocycles. The van der Waals surface area contributed by atoms with Crippen molar-refractivity contribution in [3.8, 4) is 5.75 Å². The largest absolute Gasteiger partial charge is 0.490 e. The average Bonchev–Trinajstić information content (AvgIpc) is 2.45. The van der Waals surface area contributed by atoms with E-state index < -0.39 is 6.10 Å². The molecule has 2 atom stereocenters. The van der Waals surface area contributed by atoms with Gasteiger partial charge in [0.15, 0.2) is 0 Å². The highest BCUT2D eigenvalue weighted by Gasteiger charge is 2.27. The lowest BCUT2D eigenvalue weighted by atomic mass is 10.1. The number of rotatable bonds is 5. The van der Waals surface area contributed by atoms with E-state index in [0.717, 1.165) is 31.7 Å². The number of ether oxygens (including phenoxy) is 1. The number of halogens is 2. The molecule has 0 saturated carbocycles. The van der Waals surface area contributed by atoms with E-state index in [4.69, 9.17) is 27.9 Å². The van der Waals surface area contributed by atoms with Gasteiger partial charge in [-0.3, -0.25) is 4.90 Å². The number of hydrogen-bond acceptors (Lipinski definition) is 4. The Kier molecular flexibility index (Phi) is 6.14. The summed E-state index contributed by atoms with van der Waals surface area (Å²) in [6.07, 6.45) is 1.61. The number of aliphatic hydroxyl groups is 1. The van der Waals surface area contributed by atoms with Crippen molar-refractivity contribution in [1.82, 2.24) is 10.2 Å². The van der Waals surface area contributed by atoms with E-state index >= 15 is 0 Å². The molecule has 1 aliphatic heterocycles. The molecule has 6 heteroatoms. The highest BCUT2D eigenvalue weighted by atomic mass is 35.5. The summed E-state index contributed by atoms with van der Waals surface area (Å²) in [7, 11) is 1.87. The van der Waals surface area contributed by atoms with Gasteiger partial charge in [0.2, 0.25) is 0 Å². The van der Waals surface area contributed by atoms with Gasteiger partial charge in [-0.1, -0.05) is 23.2 Å². The minimum atomic E-state index is -0.400. The molecule has 0 radical (unpaired) electrons. The standard InChI is InChI=1S/C15H22Cl2N2O2/c1-10(20)15(18-2)19-7-5-11(6-8-19)21-12-3-4-13(16)14(17)9-12/h3-4,9-11,15,18,20H,5-8H2,1-2H3. The minimum Gasteiger partial charge on any atom is -0.490 e. The molecule has 0 aliphatic carbocycles. The summed E-state index contributed by atoms with van der Waals surface area (Å²) in [4.78, 5) is 2.25. The highest BCUT2D eigenvalue weighted by Crippen LogP contribution is 2.28. The lowest BCUT2D eigenvalue weighted by molar-refractivity contribution is 0.00938. The van der Waals surface area contributed by atoms with Crippen molar-refractivity contribution in [2.45, 2.75) is 38.1 Å². The lowest BCUT2D eigenvalue weighted by Crippen LogP contribution is -2.54. The quantitative estimate of drug-likeness (QED) is 0.870. The van der Waals surface area contributed by atoms with Gasteiger partial charge in [0.25, 0.3) is 0 Å². The van der Waals surface area contributed by atoms with Gasteiger partial charge in [-0.05, 0) is 38.9 Å². The Hall–Kier alpha value is -0.520. The smallest absolute Gasteiger partial charge is 0.121 e. The Labute approximate surface area is 136 Å². The number of hydrogen-bond donors (Lipinski definition) is 2. The van der Waals surface area contributed by atoms with Crippen LogP contribution >= 0.6 is 23.2 Å². The number of nitrogens with one attached hydrogen (secondary N) is 1. The van der Waals surface area contributed by atoms with Crippen molar-refractivity contribution < 1.29 is 9.84 Å². The second-order valence-corrected chi connectivity index (χ2v) is 6.22. The van der Waals surface area contributed by atoms with E-state index in [1.165, 1.54) is 0 Å². The Morgan fingerprint density at radius 1 is 1.29 bits per heavy atom. The molecule has 21 heavy (non-hydrogen) atoms. The number of piperidine rings is 1. The number of likely N-dealkylation sites (N-methyl/N-ethyl adjacent to an activating group) is 1. The molecule has 1 aliphatic rings. The molecule has 118 valence electrons. The van der Waals surface area contributed by atoms with E-state index in [0.29, 0.717) is 10.0 Å². The van der Waals surface area contributed by atoms with Gasteiger partial charge in [0.1, 0.15) is 11.9 Å². The third-order valence-corrected chi connectivity index (χ3v) is 4.56. The fraction of sp³-hybridized carbons (Fsp3) is 0.600. The highest BCUT2D eigenvalue weighted by molar-refractivity contribution is 6.42. The predicted molar refractivity (Wildman–Crippen MR) is 86.2 cm³/mol. The van der Waals surface area contributed by atoms with Gasteiger partial charge in [-0.15, -0.1) is 0 Å². The van der Waals surface area contributed by atoms with Gasteiger partial charge in [-0.25, -0.2) is 0 Å². The molecule has 1 aromatic carbocycles. The topological polar surface area (TPSA) is 44.7 Å². The average molecular weight is 333 g/mol. The molecular weight excluding hydrogens is 311 g/mol. The van der Waals surface area contributed by atoms with Gasteiger partial charge in [0, 0.05) is 19.2 Å². The lowest BCUT2D eigenvalue weighted by Gasteiger charge is -2.38. The summed E-state index contributed by atoms with van der Waals surface area (Å²) >= 11 is 11.9. The van der Waals surface area contributed by atoms with E-state index in [9.17, 15) is 5.11 Å². The third kappa shape index (κ3) is 4.47. The van der Waals surface area contributed by atoms with Crippen molar-refractivity contribution in [2.24, 2.45) is 0 Å². The van der Waals surface area contributed by atoms with Crippen LogP contribution in [-0.2, 0) is 0 Å². The summed E-state index contributed by atoms with van der Waals surface area (Å²) in [6.45, 7) is 3.59. The van der Waals surface area contributed by atoms with E-state index in [1.54, 1.807) is 19.1 Å². The summed E-state index contributed by atoms with van der Waals surface area (Å²) < 4.78 is 5.96. The Morgan fingerprint density at radius 3 is 2.48 bits per heavy atom. The van der Waals surface area contributed by atoms with Crippen molar-refractivity contribution >= 4 is 23.2 Å². The normalized spacial score (nSPS) is 20.2. The second-order valence-electron chi connectivity index (χ2n) is 5.40. The van der Waals surface area contributed by atoms with E-state index in [2.05, 4.69) is 10.2 Å². The van der Waals surface area contributed by atoms with Crippen LogP contribution in [0.15, 0.2) is 18.2 Å². The van der Waals surface area contributed by atoms with Crippen LogP contribution in [0.2, 0.25) is 10.0 Å². The predicted octanol–water partition coefficient (Wildman–Crippen LogP) is 2.76. The Morgan fingerprint density at radius 2 is 1.95 bits per heavy atom. The zero-order valence-electron chi connectivity index (χ0n) is 12.4. The number of nitrogens with zero attached hydrogens (tertiary/aromatic N) is 1. The molecule has 1 aromatic rings. The first kappa shape index (κ1) is 16.8. The van der Waals surface area contributed by atoms with E-state index in [-0.39, 0.29) is 12.3 Å². The van der Waals surface area contributed by atoms with Crippen LogP contribution in [0.4, 0.5) is 0 Å². The Balaban J connectivity index is 1.87. The van der Waals surface area contributed by atoms with Gasteiger partial charge in [0.05, 0.1) is 22.3 Å². The second kappa shape index (κ2) is 7.65. The first-order chi connectivity index (χ1) is 10.0. The summed E-state index contributed by atoms with van der Waals surface area (Å²) in [5.74, 6) is 0.753. The zero-order valence-corrected chi connectivity index (χ0v) is 13.9. The summed E-state index contributed by atoms with van der Waals surface area (Å²) in [5.41, 5.74) is 0. The molecule has 0 bridgehead atoms. The van der Waals surface area contributed by atoms with Gasteiger partial charge in [-0.2, -0.15) is 0 Å². The zero-order chi connectivity index (χ0) is 15.4. The molecule has 1 fully saturated rings. The SMILES string of the molecule is CNC(C(C)O)N1CCC(Oc2ccc(Cl)c(Cl)c2)CC1. The molecule has 0 amide bonds. The third-order valence-electron chi connectivity index (χ3n) is 3.82. The first-order valence-corrected chi connectivity index (χ1v) is 7.98. The minimum absolute atomic E-state index is 0.00377. The van der Waals surface area contributed by atoms with Crippen LogP contribution in [0, 0.1) is 0 Å². The molecule has 4 nitrogen and oxygen atoms in total. The Bertz CT molecular complexity index is 463. The molecule has 1 heterocycles. The van der Waals surface area contributed by atoms with Gasteiger partial charge < -0.3 is 15.2 Å². The first-order valence-electron chi connectivity index (χ1n) is 7.22. The van der Waals surface area contributed by atoms with Crippen molar-refractivity contribution in [2.75, 3.05) is 20.1 Å². The van der Waals surface area contributed by atoms with Crippen LogP contribution in [0.1, 0.15) is 19.8 Å². The van der Waals surface area contributed by atoms with Crippen molar-refractivity contribution in [1.29, 1.82) is 0 Å². The molecule has 2 rings (SSSR count). The van der Waals surface area contributed by atoms with Gasteiger partial charge >= 0.3 is 0 Å².